The Morgan fingerprint density at radius 1 is 1.67 bits per heavy atom. The summed E-state index contributed by atoms with van der Waals surface area (Å²) < 4.78 is 14.6. The first kappa shape index (κ1) is 15.1. The van der Waals surface area contributed by atoms with Gasteiger partial charge in [0.05, 0.1) is 0 Å². The number of hydrogen-bond acceptors (Lipinski definition) is 5. The summed E-state index contributed by atoms with van der Waals surface area (Å²) in [7, 11) is -3.12. The van der Waals surface area contributed by atoms with E-state index in [0.29, 0.717) is 0 Å². The Morgan fingerprint density at radius 2 is 2.33 bits per heavy atom. The summed E-state index contributed by atoms with van der Waals surface area (Å²) in [5.74, 6) is -1.16. The van der Waals surface area contributed by atoms with Crippen LogP contribution in [0.25, 0.3) is 0 Å². The van der Waals surface area contributed by atoms with Crippen molar-refractivity contribution < 1.29 is 28.9 Å². The molecular weight excluding hydrogens is 261 g/mol. The molecule has 4 unspecified atom stereocenters. The molecule has 4 N–H and O–H groups in total. The highest BCUT2D eigenvalue weighted by atomic mass is 31.1. The molecule has 7 nitrogen and oxygen atoms in total. The largest absolute Gasteiger partial charge is 0.480 e. The molecule has 1 aliphatic rings. The predicted molar refractivity (Wildman–Crippen MR) is 63.8 cm³/mol. The Hall–Kier alpha value is -0.980. The van der Waals surface area contributed by atoms with Gasteiger partial charge in [-0.2, -0.15) is 4.67 Å². The van der Waals surface area contributed by atoms with Gasteiger partial charge in [-0.25, -0.2) is 4.89 Å². The molecule has 0 amide bonds. The van der Waals surface area contributed by atoms with E-state index in [4.69, 9.17) is 20.6 Å². The lowest BCUT2D eigenvalue weighted by Gasteiger charge is -2.22. The van der Waals surface area contributed by atoms with Crippen molar-refractivity contribution in [3.05, 3.63) is 23.8 Å². The van der Waals surface area contributed by atoms with Gasteiger partial charge in [0, 0.05) is 5.92 Å². The monoisotopic (exact) mass is 277 g/mol. The number of aliphatic carboxylic acids is 1. The third-order valence-electron chi connectivity index (χ3n) is 2.50. The van der Waals surface area contributed by atoms with E-state index in [0.717, 1.165) is 5.57 Å². The number of rotatable bonds is 6. The highest BCUT2D eigenvalue weighted by Crippen LogP contribution is 2.25. The first-order valence-corrected chi connectivity index (χ1v) is 6.60. The summed E-state index contributed by atoms with van der Waals surface area (Å²) in [6.45, 7) is 1.82. The average Bonchev–Trinajstić information content (AvgIpc) is 2.27. The molecule has 0 radical (unpaired) electrons. The summed E-state index contributed by atoms with van der Waals surface area (Å²) in [5.41, 5.74) is 6.21. The molecule has 18 heavy (non-hydrogen) atoms. The maximum absolute atomic E-state index is 10.6. The molecule has 0 heterocycles. The van der Waals surface area contributed by atoms with Gasteiger partial charge in [0.25, 0.3) is 0 Å². The van der Waals surface area contributed by atoms with Gasteiger partial charge in [-0.3, -0.25) is 9.36 Å². The van der Waals surface area contributed by atoms with Gasteiger partial charge in [0.15, 0.2) is 0 Å². The van der Waals surface area contributed by atoms with Crippen molar-refractivity contribution in [1.29, 1.82) is 0 Å². The van der Waals surface area contributed by atoms with Crippen LogP contribution in [-0.4, -0.2) is 28.1 Å². The van der Waals surface area contributed by atoms with Crippen LogP contribution in [-0.2, 0) is 18.9 Å². The number of carboxylic acid groups (broad SMARTS) is 1. The van der Waals surface area contributed by atoms with E-state index in [-0.39, 0.29) is 12.3 Å². The molecule has 102 valence electrons. The summed E-state index contributed by atoms with van der Waals surface area (Å²) in [6, 6.07) is -0.948. The third-order valence-corrected chi connectivity index (χ3v) is 2.74. The zero-order chi connectivity index (χ0) is 13.7. The Balaban J connectivity index is 2.53. The van der Waals surface area contributed by atoms with Gasteiger partial charge < -0.3 is 15.7 Å². The minimum atomic E-state index is -3.12. The quantitative estimate of drug-likeness (QED) is 0.370. The van der Waals surface area contributed by atoms with Gasteiger partial charge in [-0.05, 0) is 12.0 Å². The zero-order valence-electron chi connectivity index (χ0n) is 9.78. The molecule has 0 aromatic rings. The summed E-state index contributed by atoms with van der Waals surface area (Å²) >= 11 is 0. The van der Waals surface area contributed by atoms with E-state index in [1.54, 1.807) is 18.2 Å². The molecule has 0 fully saturated rings. The zero-order valence-corrected chi connectivity index (χ0v) is 10.8. The van der Waals surface area contributed by atoms with E-state index in [9.17, 15) is 9.36 Å². The minimum Gasteiger partial charge on any atom is -0.480 e. The number of carboxylic acids is 1. The normalized spacial score (nSPS) is 26.5. The van der Waals surface area contributed by atoms with Crippen LogP contribution in [0.1, 0.15) is 13.3 Å². The van der Waals surface area contributed by atoms with E-state index >= 15 is 0 Å². The molecular formula is C10H16NO6P. The molecule has 1 rings (SSSR count). The maximum Gasteiger partial charge on any atom is 0.344 e. The molecule has 0 bridgehead atoms. The number of nitrogens with two attached hydrogens (primary N) is 1. The molecule has 4 atom stereocenters. The molecule has 0 aromatic carbocycles. The van der Waals surface area contributed by atoms with Crippen LogP contribution in [0.15, 0.2) is 23.8 Å². The molecule has 0 saturated carbocycles. The lowest BCUT2D eigenvalue weighted by Crippen LogP contribution is -2.31. The van der Waals surface area contributed by atoms with Crippen molar-refractivity contribution in [2.45, 2.75) is 25.5 Å². The first-order valence-electron chi connectivity index (χ1n) is 5.33. The lowest BCUT2D eigenvalue weighted by molar-refractivity contribution is -0.240. The van der Waals surface area contributed by atoms with E-state index < -0.39 is 26.4 Å². The van der Waals surface area contributed by atoms with Crippen LogP contribution >= 0.6 is 8.25 Å². The lowest BCUT2D eigenvalue weighted by atomic mass is 9.92. The second-order valence-electron chi connectivity index (χ2n) is 4.02. The molecule has 0 aliphatic heterocycles. The van der Waals surface area contributed by atoms with Gasteiger partial charge in [0.1, 0.15) is 12.1 Å². The second-order valence-corrected chi connectivity index (χ2v) is 4.72. The van der Waals surface area contributed by atoms with Gasteiger partial charge in [-0.1, -0.05) is 25.2 Å². The van der Waals surface area contributed by atoms with Gasteiger partial charge in [-0.15, -0.1) is 0 Å². The molecule has 1 aliphatic carbocycles. The van der Waals surface area contributed by atoms with E-state index in [1.807, 2.05) is 6.92 Å². The fraction of sp³-hybridized carbons (Fsp3) is 0.500. The fourth-order valence-electron chi connectivity index (χ4n) is 1.58. The number of allylic oxidation sites excluding steroid dienone is 1. The van der Waals surface area contributed by atoms with Crippen molar-refractivity contribution in [3.63, 3.8) is 0 Å². The number of hydrogen-bond donors (Lipinski definition) is 3. The SMILES string of the molecule is CC1C=C(CC(N)C(=O)O)C=CC1OO[PH](=O)O. The Bertz CT molecular complexity index is 394. The van der Waals surface area contributed by atoms with Crippen LogP contribution in [0, 0.1) is 5.92 Å². The highest BCUT2D eigenvalue weighted by Gasteiger charge is 2.21. The summed E-state index contributed by atoms with van der Waals surface area (Å²) in [5, 5.41) is 8.70. The van der Waals surface area contributed by atoms with Crippen LogP contribution < -0.4 is 5.73 Å². The molecule has 0 saturated heterocycles. The van der Waals surface area contributed by atoms with Crippen molar-refractivity contribution in [2.75, 3.05) is 0 Å². The third kappa shape index (κ3) is 4.72. The van der Waals surface area contributed by atoms with Crippen LogP contribution in [0.5, 0.6) is 0 Å². The Kier molecular flexibility index (Phi) is 5.71. The van der Waals surface area contributed by atoms with Crippen LogP contribution in [0.2, 0.25) is 0 Å². The standard InChI is InChI=1S/C10H16NO6P/c1-6-4-7(5-8(11)10(12)13)2-3-9(6)16-17-18(14)15/h2-4,6,8-9,18H,5,11H2,1H3,(H,12,13)(H,14,15). The predicted octanol–water partition coefficient (Wildman–Crippen LogP) is 0.619. The first-order chi connectivity index (χ1) is 8.40. The van der Waals surface area contributed by atoms with E-state index in [1.165, 1.54) is 0 Å². The van der Waals surface area contributed by atoms with E-state index in [2.05, 4.69) is 4.67 Å². The van der Waals surface area contributed by atoms with Crippen molar-refractivity contribution in [1.82, 2.24) is 0 Å². The maximum atomic E-state index is 10.6. The molecule has 0 aromatic heterocycles. The minimum absolute atomic E-state index is 0.104. The smallest absolute Gasteiger partial charge is 0.344 e. The Morgan fingerprint density at radius 3 is 2.83 bits per heavy atom. The van der Waals surface area contributed by atoms with Crippen molar-refractivity contribution in [3.8, 4) is 0 Å². The Labute approximate surface area is 105 Å². The summed E-state index contributed by atoms with van der Waals surface area (Å²) in [4.78, 5) is 23.9. The van der Waals surface area contributed by atoms with Crippen LogP contribution in [0.3, 0.4) is 0 Å². The second kappa shape index (κ2) is 6.82. The number of carbonyl (C=O) groups is 1. The molecule has 8 heteroatoms. The topological polar surface area (TPSA) is 119 Å². The highest BCUT2D eigenvalue weighted by molar-refractivity contribution is 7.31. The van der Waals surface area contributed by atoms with Crippen molar-refractivity contribution >= 4 is 14.2 Å². The summed E-state index contributed by atoms with van der Waals surface area (Å²) in [6.07, 6.45) is 4.85. The molecule has 0 spiro atoms. The van der Waals surface area contributed by atoms with Crippen molar-refractivity contribution in [2.24, 2.45) is 11.7 Å². The average molecular weight is 277 g/mol. The van der Waals surface area contributed by atoms with Crippen LogP contribution in [0.4, 0.5) is 0 Å². The van der Waals surface area contributed by atoms with Gasteiger partial charge >= 0.3 is 14.2 Å². The fourth-order valence-corrected chi connectivity index (χ4v) is 1.77. The van der Waals surface area contributed by atoms with Gasteiger partial charge in [0.2, 0.25) is 0 Å².